The highest BCUT2D eigenvalue weighted by Gasteiger charge is 2.24. The molecule has 24 heavy (non-hydrogen) atoms. The Labute approximate surface area is 140 Å². The van der Waals surface area contributed by atoms with E-state index in [9.17, 15) is 17.2 Å². The van der Waals surface area contributed by atoms with Crippen LogP contribution in [0.5, 0.6) is 0 Å². The molecular weight excluding hydrogens is 358 g/mol. The van der Waals surface area contributed by atoms with Gasteiger partial charge in [-0.3, -0.25) is 4.98 Å². The molecule has 0 aliphatic heterocycles. The third-order valence-corrected chi connectivity index (χ3v) is 5.60. The van der Waals surface area contributed by atoms with E-state index >= 15 is 0 Å². The van der Waals surface area contributed by atoms with Crippen molar-refractivity contribution < 1.29 is 17.2 Å². The molecule has 2 aromatic carbocycles. The van der Waals surface area contributed by atoms with Gasteiger partial charge < -0.3 is 0 Å². The van der Waals surface area contributed by atoms with E-state index in [1.165, 1.54) is 18.2 Å². The summed E-state index contributed by atoms with van der Waals surface area (Å²) in [6.45, 7) is 0. The van der Waals surface area contributed by atoms with Crippen molar-refractivity contribution in [2.24, 2.45) is 0 Å². The van der Waals surface area contributed by atoms with Crippen molar-refractivity contribution in [3.63, 3.8) is 0 Å². The molecule has 0 bridgehead atoms. The number of fused-ring (bicyclic) bond motifs is 1. The lowest BCUT2D eigenvalue weighted by atomic mass is 10.1. The van der Waals surface area contributed by atoms with Crippen LogP contribution in [-0.2, 0) is 9.84 Å². The zero-order valence-corrected chi connectivity index (χ0v) is 13.4. The molecule has 0 unspecified atom stereocenters. The maximum Gasteiger partial charge on any atom is 0.209 e. The zero-order valence-electron chi connectivity index (χ0n) is 11.8. The average molecular weight is 365 g/mol. The lowest BCUT2D eigenvalue weighted by molar-refractivity contribution is 0.567. The molecule has 0 spiro atoms. The first-order chi connectivity index (χ1) is 11.3. The summed E-state index contributed by atoms with van der Waals surface area (Å²) < 4.78 is 51.9. The second-order valence-electron chi connectivity index (χ2n) is 4.89. The normalized spacial score (nSPS) is 11.4. The van der Waals surface area contributed by atoms with E-state index in [4.69, 9.17) is 16.9 Å². The summed E-state index contributed by atoms with van der Waals surface area (Å²) in [5.41, 5.74) is 0.678. The number of sulfone groups is 1. The van der Waals surface area contributed by atoms with Gasteiger partial charge in [0.15, 0.2) is 0 Å². The largest absolute Gasteiger partial charge is 0.255 e. The Morgan fingerprint density at radius 1 is 1.08 bits per heavy atom. The first kappa shape index (κ1) is 16.3. The molecule has 0 fully saturated rings. The molecule has 0 radical (unpaired) electrons. The van der Waals surface area contributed by atoms with Crippen molar-refractivity contribution in [3.8, 4) is 6.07 Å². The van der Waals surface area contributed by atoms with E-state index in [1.807, 2.05) is 6.07 Å². The molecule has 0 atom stereocenters. The molecule has 0 aliphatic rings. The van der Waals surface area contributed by atoms with Gasteiger partial charge in [-0.15, -0.1) is 0 Å². The number of aromatic nitrogens is 1. The fourth-order valence-corrected chi connectivity index (χ4v) is 4.05. The van der Waals surface area contributed by atoms with E-state index in [0.717, 1.165) is 6.20 Å². The van der Waals surface area contributed by atoms with Gasteiger partial charge in [-0.05, 0) is 30.3 Å². The highest BCUT2D eigenvalue weighted by molar-refractivity contribution is 7.91. The standard InChI is InChI=1S/C16H7ClF2N2O2S/c17-16-13-2-1-9(7-20)3-14(13)21-8-15(16)24(22,23)12-5-10(18)4-11(19)6-12/h1-6,8H. The number of halogens is 3. The lowest BCUT2D eigenvalue weighted by Crippen LogP contribution is -2.05. The molecule has 0 saturated carbocycles. The minimum atomic E-state index is -4.26. The van der Waals surface area contributed by atoms with Crippen LogP contribution in [0.1, 0.15) is 5.56 Å². The number of hydrogen-bond acceptors (Lipinski definition) is 4. The van der Waals surface area contributed by atoms with Crippen LogP contribution >= 0.6 is 11.6 Å². The van der Waals surface area contributed by atoms with Crippen LogP contribution in [0.4, 0.5) is 8.78 Å². The summed E-state index contributed by atoms with van der Waals surface area (Å²) in [7, 11) is -4.26. The molecule has 120 valence electrons. The van der Waals surface area contributed by atoms with E-state index in [0.29, 0.717) is 34.7 Å². The van der Waals surface area contributed by atoms with E-state index in [2.05, 4.69) is 4.98 Å². The summed E-state index contributed by atoms with van der Waals surface area (Å²) in [5.74, 6) is -2.03. The van der Waals surface area contributed by atoms with E-state index < -0.39 is 26.4 Å². The molecule has 3 aromatic rings. The predicted molar refractivity (Wildman–Crippen MR) is 83.3 cm³/mol. The molecule has 0 aliphatic carbocycles. The fourth-order valence-electron chi connectivity index (χ4n) is 2.21. The second kappa shape index (κ2) is 5.82. The Hall–Kier alpha value is -2.56. The molecule has 8 heteroatoms. The summed E-state index contributed by atoms with van der Waals surface area (Å²) in [5, 5.41) is 9.06. The number of hydrogen-bond donors (Lipinski definition) is 0. The van der Waals surface area contributed by atoms with Crippen LogP contribution in [0.15, 0.2) is 52.4 Å². The van der Waals surface area contributed by atoms with Crippen LogP contribution in [-0.4, -0.2) is 13.4 Å². The maximum atomic E-state index is 13.3. The van der Waals surface area contributed by atoms with Crippen molar-refractivity contribution in [1.29, 1.82) is 5.26 Å². The quantitative estimate of drug-likeness (QED) is 0.692. The Kier molecular flexibility index (Phi) is 3.95. The van der Waals surface area contributed by atoms with Crippen LogP contribution in [0, 0.1) is 23.0 Å². The lowest BCUT2D eigenvalue weighted by Gasteiger charge is -2.09. The molecular formula is C16H7ClF2N2O2S. The number of nitrogens with zero attached hydrogens (tertiary/aromatic N) is 2. The first-order valence-electron chi connectivity index (χ1n) is 6.52. The third kappa shape index (κ3) is 2.70. The highest BCUT2D eigenvalue weighted by atomic mass is 35.5. The van der Waals surface area contributed by atoms with Gasteiger partial charge in [0.25, 0.3) is 0 Å². The second-order valence-corrected chi connectivity index (χ2v) is 7.18. The summed E-state index contributed by atoms with van der Waals surface area (Å²) in [6.07, 6.45) is 1.00. The van der Waals surface area contributed by atoms with Crippen LogP contribution in [0.2, 0.25) is 5.02 Å². The average Bonchev–Trinajstić information content (AvgIpc) is 2.53. The van der Waals surface area contributed by atoms with Crippen LogP contribution < -0.4 is 0 Å². The van der Waals surface area contributed by atoms with Crippen molar-refractivity contribution in [2.45, 2.75) is 9.79 Å². The monoisotopic (exact) mass is 364 g/mol. The minimum Gasteiger partial charge on any atom is -0.255 e. The minimum absolute atomic E-state index is 0.130. The van der Waals surface area contributed by atoms with Crippen molar-refractivity contribution >= 4 is 32.3 Å². The van der Waals surface area contributed by atoms with Gasteiger partial charge in [-0.2, -0.15) is 5.26 Å². The smallest absolute Gasteiger partial charge is 0.209 e. The Morgan fingerprint density at radius 2 is 1.75 bits per heavy atom. The molecule has 1 aromatic heterocycles. The number of benzene rings is 2. The topological polar surface area (TPSA) is 70.8 Å². The fraction of sp³-hybridized carbons (Fsp3) is 0. The van der Waals surface area contributed by atoms with Gasteiger partial charge in [-0.25, -0.2) is 17.2 Å². The summed E-state index contributed by atoms with van der Waals surface area (Å²) >= 11 is 6.16. The molecule has 1 heterocycles. The summed E-state index contributed by atoms with van der Waals surface area (Å²) in [6, 6.07) is 8.31. The van der Waals surface area contributed by atoms with Gasteiger partial charge in [0.1, 0.15) is 16.5 Å². The van der Waals surface area contributed by atoms with Gasteiger partial charge in [0.2, 0.25) is 9.84 Å². The molecule has 3 rings (SSSR count). The number of pyridine rings is 1. The van der Waals surface area contributed by atoms with Crippen molar-refractivity contribution in [2.75, 3.05) is 0 Å². The molecule has 0 amide bonds. The van der Waals surface area contributed by atoms with Crippen molar-refractivity contribution in [3.05, 3.63) is 64.8 Å². The van der Waals surface area contributed by atoms with Crippen molar-refractivity contribution in [1.82, 2.24) is 4.98 Å². The van der Waals surface area contributed by atoms with E-state index in [1.54, 1.807) is 0 Å². The Balaban J connectivity index is 2.25. The van der Waals surface area contributed by atoms with E-state index in [-0.39, 0.29) is 9.92 Å². The SMILES string of the molecule is N#Cc1ccc2c(Cl)c(S(=O)(=O)c3cc(F)cc(F)c3)cnc2c1. The Morgan fingerprint density at radius 3 is 2.38 bits per heavy atom. The highest BCUT2D eigenvalue weighted by Crippen LogP contribution is 2.33. The van der Waals surface area contributed by atoms with Gasteiger partial charge >= 0.3 is 0 Å². The predicted octanol–water partition coefficient (Wildman–Crippen LogP) is 3.87. The number of nitriles is 1. The first-order valence-corrected chi connectivity index (χ1v) is 8.38. The third-order valence-electron chi connectivity index (χ3n) is 3.34. The number of rotatable bonds is 2. The van der Waals surface area contributed by atoms with Gasteiger partial charge in [0, 0.05) is 17.6 Å². The van der Waals surface area contributed by atoms with Gasteiger partial charge in [-0.1, -0.05) is 11.6 Å². The Bertz CT molecular complexity index is 1100. The zero-order chi connectivity index (χ0) is 17.5. The molecule has 0 N–H and O–H groups in total. The van der Waals surface area contributed by atoms with Crippen LogP contribution in [0.25, 0.3) is 10.9 Å². The molecule has 4 nitrogen and oxygen atoms in total. The summed E-state index contributed by atoms with van der Waals surface area (Å²) in [4.78, 5) is 3.06. The molecule has 0 saturated heterocycles. The van der Waals surface area contributed by atoms with Gasteiger partial charge in [0.05, 0.1) is 27.1 Å². The maximum absolute atomic E-state index is 13.3. The van der Waals surface area contributed by atoms with Crippen LogP contribution in [0.3, 0.4) is 0 Å².